The molecule has 50 valence electrons. The van der Waals surface area contributed by atoms with Crippen LogP contribution in [0.2, 0.25) is 0 Å². The Morgan fingerprint density at radius 1 is 1.00 bits per heavy atom. The maximum Gasteiger partial charge on any atom is 1.00 e. The number of hydrogen-bond acceptors (Lipinski definition) is 1. The molecule has 0 saturated carbocycles. The van der Waals surface area contributed by atoms with Crippen LogP contribution < -0.4 is 18.9 Å². The largest absolute Gasteiger partial charge is 1.00 e. The van der Waals surface area contributed by atoms with E-state index < -0.39 is 0 Å². The van der Waals surface area contributed by atoms with Crippen LogP contribution in [0.15, 0.2) is 30.3 Å². The molecule has 1 rings (SSSR count). The second-order valence-corrected chi connectivity index (χ2v) is 1.08. The molecule has 1 nitrogen and oxygen atoms in total. The van der Waals surface area contributed by atoms with Gasteiger partial charge >= 0.3 is 35.9 Å². The Balaban J connectivity index is -0.000000114. The summed E-state index contributed by atoms with van der Waals surface area (Å²) in [4.78, 5) is 0. The van der Waals surface area contributed by atoms with Crippen molar-refractivity contribution in [3.8, 4) is 0 Å². The van der Waals surface area contributed by atoms with Crippen LogP contribution in [0, 0.1) is 17.9 Å². The third-order valence-electron chi connectivity index (χ3n) is 0.607. The number of benzene rings is 1. The zero-order valence-corrected chi connectivity index (χ0v) is 6.58. The molecule has 0 aliphatic rings. The standard InChI is InChI=1S/C6H5.CN.Cu.Li/c1-2-4-6-5-3-1;1-2;;/h1-5H;;;/q2*-1;2*+1. The summed E-state index contributed by atoms with van der Waals surface area (Å²) in [5, 5.41) is 6.25. The predicted molar refractivity (Wildman–Crippen MR) is 30.2 cm³/mol. The van der Waals surface area contributed by atoms with E-state index in [1.165, 1.54) is 0 Å². The van der Waals surface area contributed by atoms with Crippen molar-refractivity contribution in [2.45, 2.75) is 0 Å². The molecule has 0 N–H and O–H groups in total. The van der Waals surface area contributed by atoms with E-state index in [1.807, 2.05) is 30.3 Å². The smallest absolute Gasteiger partial charge is 0.512 e. The van der Waals surface area contributed by atoms with Crippen molar-refractivity contribution in [1.29, 1.82) is 5.26 Å². The zero-order chi connectivity index (χ0) is 6.24. The summed E-state index contributed by atoms with van der Waals surface area (Å²) in [6, 6.07) is 12.5. The maximum atomic E-state index is 6.25. The van der Waals surface area contributed by atoms with Gasteiger partial charge in [-0.15, -0.1) is 0 Å². The van der Waals surface area contributed by atoms with Crippen molar-refractivity contribution in [3.63, 3.8) is 0 Å². The molecule has 0 atom stereocenters. The molecular weight excluding hydrogens is 169 g/mol. The molecule has 0 amide bonds. The van der Waals surface area contributed by atoms with Gasteiger partial charge in [-0.05, 0) is 0 Å². The average Bonchev–Trinajstić information content (AvgIpc) is 1.96. The van der Waals surface area contributed by atoms with Crippen molar-refractivity contribution in [2.24, 2.45) is 0 Å². The van der Waals surface area contributed by atoms with E-state index in [0.717, 1.165) is 0 Å². The molecule has 1 aromatic rings. The van der Waals surface area contributed by atoms with Crippen LogP contribution in [0.3, 0.4) is 0 Å². The quantitative estimate of drug-likeness (QED) is 0.349. The Bertz CT molecular complexity index is 114. The van der Waals surface area contributed by atoms with Gasteiger partial charge in [0.15, 0.2) is 0 Å². The molecule has 0 aliphatic carbocycles. The second kappa shape index (κ2) is 15.9. The van der Waals surface area contributed by atoms with Crippen molar-refractivity contribution >= 4 is 0 Å². The van der Waals surface area contributed by atoms with E-state index in [9.17, 15) is 0 Å². The van der Waals surface area contributed by atoms with Crippen LogP contribution in [-0.4, -0.2) is 0 Å². The molecule has 0 bridgehead atoms. The molecule has 1 aromatic carbocycles. The average molecular weight is 174 g/mol. The van der Waals surface area contributed by atoms with Gasteiger partial charge in [-0.25, -0.2) is 0 Å². The van der Waals surface area contributed by atoms with Gasteiger partial charge in [0, 0.05) is 0 Å². The van der Waals surface area contributed by atoms with Gasteiger partial charge in [0.1, 0.15) is 0 Å². The van der Waals surface area contributed by atoms with Gasteiger partial charge < -0.3 is 11.8 Å². The summed E-state index contributed by atoms with van der Waals surface area (Å²) < 4.78 is 0. The molecular formula is C7H5CuLiN. The Labute approximate surface area is 84.1 Å². The van der Waals surface area contributed by atoms with E-state index in [1.54, 1.807) is 0 Å². The van der Waals surface area contributed by atoms with Crippen LogP contribution in [0.5, 0.6) is 0 Å². The fourth-order valence-electron chi connectivity index (χ4n) is 0.342. The van der Waals surface area contributed by atoms with Gasteiger partial charge in [0.2, 0.25) is 0 Å². The molecule has 0 aliphatic heterocycles. The summed E-state index contributed by atoms with van der Waals surface area (Å²) in [5.74, 6) is 0. The van der Waals surface area contributed by atoms with Crippen LogP contribution in [-0.2, 0) is 17.1 Å². The third kappa shape index (κ3) is 10.7. The Morgan fingerprint density at radius 2 is 1.40 bits per heavy atom. The molecule has 0 radical (unpaired) electrons. The van der Waals surface area contributed by atoms with E-state index in [0.29, 0.717) is 0 Å². The monoisotopic (exact) mass is 173 g/mol. The molecule has 0 spiro atoms. The molecule has 0 aromatic heterocycles. The maximum absolute atomic E-state index is 6.25. The fraction of sp³-hybridized carbons (Fsp3) is 0. The summed E-state index contributed by atoms with van der Waals surface area (Å²) in [6.45, 7) is 4.75. The number of hydrogen-bond donors (Lipinski definition) is 0. The van der Waals surface area contributed by atoms with E-state index in [2.05, 4.69) is 6.07 Å². The minimum absolute atomic E-state index is 0. The first kappa shape index (κ1) is 16.4. The van der Waals surface area contributed by atoms with Crippen LogP contribution in [0.4, 0.5) is 0 Å². The minimum Gasteiger partial charge on any atom is -0.512 e. The first-order valence-electron chi connectivity index (χ1n) is 2.13. The Morgan fingerprint density at radius 3 is 1.50 bits per heavy atom. The van der Waals surface area contributed by atoms with Gasteiger partial charge in [-0.3, -0.25) is 0 Å². The third-order valence-corrected chi connectivity index (χ3v) is 0.607. The van der Waals surface area contributed by atoms with Crippen molar-refractivity contribution in [2.75, 3.05) is 0 Å². The van der Waals surface area contributed by atoms with Crippen molar-refractivity contribution in [3.05, 3.63) is 43.0 Å². The Hall–Kier alpha value is -0.173. The SMILES string of the molecule is [C-]#N.[Cu+].[Li+].[c-]1ccccc1. The molecule has 0 saturated heterocycles. The van der Waals surface area contributed by atoms with E-state index in [4.69, 9.17) is 11.8 Å². The molecule has 3 heteroatoms. The van der Waals surface area contributed by atoms with E-state index in [-0.39, 0.29) is 35.9 Å². The van der Waals surface area contributed by atoms with Crippen LogP contribution >= 0.6 is 0 Å². The second-order valence-electron chi connectivity index (χ2n) is 1.08. The van der Waals surface area contributed by atoms with Crippen molar-refractivity contribution < 1.29 is 35.9 Å². The van der Waals surface area contributed by atoms with Crippen LogP contribution in [0.1, 0.15) is 0 Å². The van der Waals surface area contributed by atoms with Gasteiger partial charge in [-0.1, -0.05) is 0 Å². The molecule has 0 unspecified atom stereocenters. The van der Waals surface area contributed by atoms with E-state index >= 15 is 0 Å². The van der Waals surface area contributed by atoms with Gasteiger partial charge in [0.25, 0.3) is 0 Å². The Kier molecular flexibility index (Phi) is 26.2. The number of rotatable bonds is 0. The topological polar surface area (TPSA) is 23.8 Å². The van der Waals surface area contributed by atoms with Gasteiger partial charge in [0.05, 0.1) is 0 Å². The normalized spacial score (nSPS) is 5.00. The molecule has 0 heterocycles. The fourth-order valence-corrected chi connectivity index (χ4v) is 0.342. The minimum atomic E-state index is 0. The summed E-state index contributed by atoms with van der Waals surface area (Å²) in [6.07, 6.45) is 0. The summed E-state index contributed by atoms with van der Waals surface area (Å²) in [5.41, 5.74) is 0. The first-order valence-corrected chi connectivity index (χ1v) is 2.13. The van der Waals surface area contributed by atoms with Crippen molar-refractivity contribution in [1.82, 2.24) is 0 Å². The predicted octanol–water partition coefficient (Wildman–Crippen LogP) is -1.42. The summed E-state index contributed by atoms with van der Waals surface area (Å²) >= 11 is 0. The number of nitrogens with zero attached hydrogens (tertiary/aromatic N) is 1. The van der Waals surface area contributed by atoms with Gasteiger partial charge in [-0.2, -0.15) is 36.4 Å². The zero-order valence-electron chi connectivity index (χ0n) is 5.64. The molecule has 10 heavy (non-hydrogen) atoms. The summed E-state index contributed by atoms with van der Waals surface area (Å²) in [7, 11) is 0. The van der Waals surface area contributed by atoms with Crippen LogP contribution in [0.25, 0.3) is 0 Å². The molecule has 0 fully saturated rings. The first-order chi connectivity index (χ1) is 4.00.